The van der Waals surface area contributed by atoms with Crippen LogP contribution in [0.25, 0.3) is 0 Å². The predicted molar refractivity (Wildman–Crippen MR) is 90.7 cm³/mol. The molecule has 23 heavy (non-hydrogen) atoms. The molecule has 1 aliphatic heterocycles. The number of nitrogens with zero attached hydrogens (tertiary/aromatic N) is 2. The molecule has 3 rings (SSSR count). The maximum absolute atomic E-state index is 6.11. The average Bonchev–Trinajstić information content (AvgIpc) is 2.62. The molecule has 0 saturated carbocycles. The second-order valence-corrected chi connectivity index (χ2v) is 5.93. The van der Waals surface area contributed by atoms with Crippen molar-refractivity contribution >= 4 is 0 Å². The van der Waals surface area contributed by atoms with Crippen molar-refractivity contribution in [2.45, 2.75) is 32.4 Å². The summed E-state index contributed by atoms with van der Waals surface area (Å²) in [5.41, 5.74) is 2.30. The monoisotopic (exact) mass is 312 g/mol. The normalized spacial score (nSPS) is 15.3. The van der Waals surface area contributed by atoms with Gasteiger partial charge in [0.15, 0.2) is 11.5 Å². The van der Waals surface area contributed by atoms with Crippen LogP contribution >= 0.6 is 0 Å². The SMILES string of the molecule is COc1cccc(CN2CCCCC2)c1OCc1ccncc1. The zero-order valence-corrected chi connectivity index (χ0v) is 13.7. The second kappa shape index (κ2) is 7.97. The average molecular weight is 312 g/mol. The molecule has 0 aliphatic carbocycles. The van der Waals surface area contributed by atoms with Gasteiger partial charge in [-0.3, -0.25) is 9.88 Å². The van der Waals surface area contributed by atoms with Gasteiger partial charge in [-0.1, -0.05) is 18.6 Å². The smallest absolute Gasteiger partial charge is 0.166 e. The fourth-order valence-electron chi connectivity index (χ4n) is 3.00. The maximum Gasteiger partial charge on any atom is 0.166 e. The molecule has 1 aromatic heterocycles. The third-order valence-corrected chi connectivity index (χ3v) is 4.26. The Kier molecular flexibility index (Phi) is 5.48. The lowest BCUT2D eigenvalue weighted by atomic mass is 10.1. The lowest BCUT2D eigenvalue weighted by Crippen LogP contribution is -2.29. The van der Waals surface area contributed by atoms with Gasteiger partial charge >= 0.3 is 0 Å². The zero-order chi connectivity index (χ0) is 15.9. The minimum Gasteiger partial charge on any atom is -0.493 e. The molecule has 0 bridgehead atoms. The molecule has 0 N–H and O–H groups in total. The molecule has 2 heterocycles. The van der Waals surface area contributed by atoms with Gasteiger partial charge in [0, 0.05) is 24.5 Å². The summed E-state index contributed by atoms with van der Waals surface area (Å²) in [6.45, 7) is 3.78. The summed E-state index contributed by atoms with van der Waals surface area (Å²) in [6, 6.07) is 10.1. The van der Waals surface area contributed by atoms with E-state index in [0.29, 0.717) is 6.61 Å². The number of aromatic nitrogens is 1. The lowest BCUT2D eigenvalue weighted by molar-refractivity contribution is 0.213. The molecule has 122 valence electrons. The highest BCUT2D eigenvalue weighted by Crippen LogP contribution is 2.33. The summed E-state index contributed by atoms with van der Waals surface area (Å²) in [6.07, 6.45) is 7.50. The highest BCUT2D eigenvalue weighted by molar-refractivity contribution is 5.46. The van der Waals surface area contributed by atoms with E-state index >= 15 is 0 Å². The molecule has 0 spiro atoms. The number of para-hydroxylation sites is 1. The minimum atomic E-state index is 0.524. The summed E-state index contributed by atoms with van der Waals surface area (Å²) in [4.78, 5) is 6.54. The van der Waals surface area contributed by atoms with Crippen LogP contribution in [0.4, 0.5) is 0 Å². The van der Waals surface area contributed by atoms with Gasteiger partial charge in [0.25, 0.3) is 0 Å². The molecule has 1 aliphatic rings. The third kappa shape index (κ3) is 4.23. The Balaban J connectivity index is 1.75. The van der Waals surface area contributed by atoms with Crippen LogP contribution in [0.2, 0.25) is 0 Å². The number of likely N-dealkylation sites (tertiary alicyclic amines) is 1. The summed E-state index contributed by atoms with van der Waals surface area (Å²) in [5.74, 6) is 1.66. The summed E-state index contributed by atoms with van der Waals surface area (Å²) < 4.78 is 11.6. The highest BCUT2D eigenvalue weighted by atomic mass is 16.5. The Labute approximate surface area is 138 Å². The van der Waals surface area contributed by atoms with Crippen LogP contribution in [-0.4, -0.2) is 30.1 Å². The molecule has 4 heteroatoms. The number of ether oxygens (including phenoxy) is 2. The van der Waals surface area contributed by atoms with Crippen molar-refractivity contribution in [3.8, 4) is 11.5 Å². The largest absolute Gasteiger partial charge is 0.493 e. The fourth-order valence-corrected chi connectivity index (χ4v) is 3.00. The molecule has 0 unspecified atom stereocenters. The van der Waals surface area contributed by atoms with E-state index in [0.717, 1.165) is 23.6 Å². The number of pyridine rings is 1. The van der Waals surface area contributed by atoms with Crippen LogP contribution in [0.15, 0.2) is 42.7 Å². The maximum atomic E-state index is 6.11. The van der Waals surface area contributed by atoms with Gasteiger partial charge in [-0.05, 0) is 49.7 Å². The number of hydrogen-bond acceptors (Lipinski definition) is 4. The number of hydrogen-bond donors (Lipinski definition) is 0. The summed E-state index contributed by atoms with van der Waals surface area (Å²) in [7, 11) is 1.69. The summed E-state index contributed by atoms with van der Waals surface area (Å²) >= 11 is 0. The van der Waals surface area contributed by atoms with Crippen LogP contribution in [-0.2, 0) is 13.2 Å². The molecule has 1 aromatic carbocycles. The highest BCUT2D eigenvalue weighted by Gasteiger charge is 2.16. The molecule has 0 atom stereocenters. The van der Waals surface area contributed by atoms with Crippen molar-refractivity contribution in [3.05, 3.63) is 53.9 Å². The molecular weight excluding hydrogens is 288 g/mol. The number of methoxy groups -OCH3 is 1. The number of rotatable bonds is 6. The van der Waals surface area contributed by atoms with E-state index in [-0.39, 0.29) is 0 Å². The van der Waals surface area contributed by atoms with Gasteiger partial charge in [-0.2, -0.15) is 0 Å². The van der Waals surface area contributed by atoms with E-state index in [2.05, 4.69) is 16.0 Å². The van der Waals surface area contributed by atoms with Crippen LogP contribution in [0.5, 0.6) is 11.5 Å². The topological polar surface area (TPSA) is 34.6 Å². The second-order valence-electron chi connectivity index (χ2n) is 5.93. The van der Waals surface area contributed by atoms with Gasteiger partial charge in [0.05, 0.1) is 7.11 Å². The quantitative estimate of drug-likeness (QED) is 0.815. The van der Waals surface area contributed by atoms with Crippen molar-refractivity contribution in [2.24, 2.45) is 0 Å². The van der Waals surface area contributed by atoms with E-state index in [4.69, 9.17) is 9.47 Å². The van der Waals surface area contributed by atoms with Crippen molar-refractivity contribution in [2.75, 3.05) is 20.2 Å². The molecule has 2 aromatic rings. The summed E-state index contributed by atoms with van der Waals surface area (Å²) in [5, 5.41) is 0. The van der Waals surface area contributed by atoms with E-state index in [9.17, 15) is 0 Å². The first-order chi connectivity index (χ1) is 11.4. The molecule has 0 amide bonds. The Morgan fingerprint density at radius 1 is 1.04 bits per heavy atom. The van der Waals surface area contributed by atoms with Gasteiger partial charge in [-0.15, -0.1) is 0 Å². The molecular formula is C19H24N2O2. The van der Waals surface area contributed by atoms with Crippen LogP contribution in [0, 0.1) is 0 Å². The standard InChI is InChI=1S/C19H24N2O2/c1-22-18-7-5-6-17(14-21-12-3-2-4-13-21)19(18)23-15-16-8-10-20-11-9-16/h5-11H,2-4,12-15H2,1H3. The van der Waals surface area contributed by atoms with E-state index < -0.39 is 0 Å². The van der Waals surface area contributed by atoms with Crippen LogP contribution < -0.4 is 9.47 Å². The van der Waals surface area contributed by atoms with Crippen molar-refractivity contribution in [1.29, 1.82) is 0 Å². The third-order valence-electron chi connectivity index (χ3n) is 4.26. The van der Waals surface area contributed by atoms with Crippen LogP contribution in [0.1, 0.15) is 30.4 Å². The Hall–Kier alpha value is -2.07. The predicted octanol–water partition coefficient (Wildman–Crippen LogP) is 3.66. The van der Waals surface area contributed by atoms with Gasteiger partial charge < -0.3 is 9.47 Å². The minimum absolute atomic E-state index is 0.524. The Morgan fingerprint density at radius 3 is 2.57 bits per heavy atom. The fraction of sp³-hybridized carbons (Fsp3) is 0.421. The first-order valence-corrected chi connectivity index (χ1v) is 8.27. The van der Waals surface area contributed by atoms with E-state index in [1.807, 2.05) is 24.3 Å². The molecule has 1 saturated heterocycles. The van der Waals surface area contributed by atoms with Crippen molar-refractivity contribution in [3.63, 3.8) is 0 Å². The molecule has 4 nitrogen and oxygen atoms in total. The Morgan fingerprint density at radius 2 is 1.83 bits per heavy atom. The molecule has 0 radical (unpaired) electrons. The van der Waals surface area contributed by atoms with Gasteiger partial charge in [0.1, 0.15) is 6.61 Å². The van der Waals surface area contributed by atoms with Crippen molar-refractivity contribution < 1.29 is 9.47 Å². The lowest BCUT2D eigenvalue weighted by Gasteiger charge is -2.27. The first-order valence-electron chi connectivity index (χ1n) is 8.27. The van der Waals surface area contributed by atoms with E-state index in [1.54, 1.807) is 19.5 Å². The van der Waals surface area contributed by atoms with Crippen LogP contribution in [0.3, 0.4) is 0 Å². The zero-order valence-electron chi connectivity index (χ0n) is 13.7. The first kappa shape index (κ1) is 15.8. The van der Waals surface area contributed by atoms with Gasteiger partial charge in [-0.25, -0.2) is 0 Å². The van der Waals surface area contributed by atoms with Gasteiger partial charge in [0.2, 0.25) is 0 Å². The number of piperidine rings is 1. The molecule has 1 fully saturated rings. The van der Waals surface area contributed by atoms with Crippen molar-refractivity contribution in [1.82, 2.24) is 9.88 Å². The number of benzene rings is 1. The van der Waals surface area contributed by atoms with E-state index in [1.165, 1.54) is 37.9 Å². The Bertz CT molecular complexity index is 610.